The van der Waals surface area contributed by atoms with Gasteiger partial charge in [-0.15, -0.1) is 0 Å². The molecular weight excluding hydrogens is 544 g/mol. The van der Waals surface area contributed by atoms with Gasteiger partial charge in [0.1, 0.15) is 16.5 Å². The Hall–Kier alpha value is -3.91. The molecule has 0 bridgehead atoms. The number of nitrogens with one attached hydrogen (secondary N) is 1. The predicted octanol–water partition coefficient (Wildman–Crippen LogP) is 2.12. The second kappa shape index (κ2) is 10.7. The second-order valence-corrected chi connectivity index (χ2v) is 10.5. The number of hydrogen-bond acceptors (Lipinski definition) is 11. The first kappa shape index (κ1) is 26.7. The Labute approximate surface area is 231 Å². The van der Waals surface area contributed by atoms with Crippen LogP contribution in [0.2, 0.25) is 5.02 Å². The molecule has 4 heterocycles. The molecule has 12 nitrogen and oxygen atoms in total. The zero-order chi connectivity index (χ0) is 27.7. The minimum Gasteiger partial charge on any atom is -0.493 e. The Bertz CT molecular complexity index is 1620. The molecule has 1 aromatic carbocycles. The number of aromatic hydroxyl groups is 1. The van der Waals surface area contributed by atoms with E-state index in [9.17, 15) is 19.8 Å². The van der Waals surface area contributed by atoms with Crippen LogP contribution in [0.4, 0.5) is 17.3 Å². The number of piperidine rings is 1. The fourth-order valence-electron chi connectivity index (χ4n) is 4.22. The molecule has 0 aliphatic carbocycles. The monoisotopic (exact) mass is 568 g/mol. The lowest BCUT2D eigenvalue weighted by Gasteiger charge is -2.37. The van der Waals surface area contributed by atoms with Gasteiger partial charge in [0, 0.05) is 30.7 Å². The Kier molecular flexibility index (Phi) is 7.32. The Morgan fingerprint density at radius 1 is 1.18 bits per heavy atom. The van der Waals surface area contributed by atoms with E-state index >= 15 is 0 Å². The number of amides is 1. The summed E-state index contributed by atoms with van der Waals surface area (Å²) in [6, 6.07) is 9.76. The third-order valence-corrected chi connectivity index (χ3v) is 8.10. The van der Waals surface area contributed by atoms with E-state index in [1.165, 1.54) is 12.3 Å². The van der Waals surface area contributed by atoms with Gasteiger partial charge in [0.2, 0.25) is 5.88 Å². The number of carbonyl (C=O) groups is 1. The summed E-state index contributed by atoms with van der Waals surface area (Å²) in [5.74, 6) is -0.755. The Balaban J connectivity index is 1.34. The van der Waals surface area contributed by atoms with Gasteiger partial charge >= 0.3 is 0 Å². The number of aromatic nitrogens is 4. The first-order chi connectivity index (χ1) is 18.7. The van der Waals surface area contributed by atoms with Crippen molar-refractivity contribution in [3.8, 4) is 5.88 Å². The highest BCUT2D eigenvalue weighted by molar-refractivity contribution is 7.99. The maximum atomic E-state index is 13.0. The van der Waals surface area contributed by atoms with E-state index in [0.717, 1.165) is 16.2 Å². The molecule has 0 radical (unpaired) electrons. The summed E-state index contributed by atoms with van der Waals surface area (Å²) in [7, 11) is 0. The molecule has 1 aliphatic heterocycles. The van der Waals surface area contributed by atoms with Crippen molar-refractivity contribution in [2.45, 2.75) is 28.4 Å². The Morgan fingerprint density at radius 3 is 2.67 bits per heavy atom. The number of pyridine rings is 1. The van der Waals surface area contributed by atoms with Crippen LogP contribution in [0.1, 0.15) is 23.2 Å². The van der Waals surface area contributed by atoms with E-state index in [2.05, 4.69) is 20.3 Å². The highest BCUT2D eigenvalue weighted by Crippen LogP contribution is 2.39. The molecule has 0 unspecified atom stereocenters. The van der Waals surface area contributed by atoms with E-state index in [1.54, 1.807) is 36.5 Å². The molecule has 1 saturated heterocycles. The zero-order valence-corrected chi connectivity index (χ0v) is 22.1. The van der Waals surface area contributed by atoms with E-state index in [0.29, 0.717) is 41.7 Å². The van der Waals surface area contributed by atoms with Gasteiger partial charge in [-0.3, -0.25) is 14.0 Å². The quantitative estimate of drug-likeness (QED) is 0.229. The van der Waals surface area contributed by atoms with Gasteiger partial charge in [-0.2, -0.15) is 4.98 Å². The van der Waals surface area contributed by atoms with Crippen molar-refractivity contribution in [3.05, 3.63) is 69.7 Å². The summed E-state index contributed by atoms with van der Waals surface area (Å²) in [4.78, 5) is 41.2. The van der Waals surface area contributed by atoms with Crippen molar-refractivity contribution in [2.24, 2.45) is 5.73 Å². The van der Waals surface area contributed by atoms with Crippen LogP contribution in [0, 0.1) is 0 Å². The minimum atomic E-state index is -0.862. The number of rotatable bonds is 6. The van der Waals surface area contributed by atoms with E-state index < -0.39 is 28.5 Å². The molecule has 1 amide bonds. The van der Waals surface area contributed by atoms with Gasteiger partial charge in [0.15, 0.2) is 11.4 Å². The van der Waals surface area contributed by atoms with Crippen molar-refractivity contribution >= 4 is 52.2 Å². The van der Waals surface area contributed by atoms with Gasteiger partial charge in [0.05, 0.1) is 22.5 Å². The summed E-state index contributed by atoms with van der Waals surface area (Å²) in [6.07, 6.45) is 4.10. The fourth-order valence-corrected chi connectivity index (χ4v) is 5.32. The first-order valence-electron chi connectivity index (χ1n) is 12.0. The molecule has 0 spiro atoms. The Morgan fingerprint density at radius 2 is 1.95 bits per heavy atom. The maximum Gasteiger partial charge on any atom is 0.274 e. The third kappa shape index (κ3) is 5.34. The minimum absolute atomic E-state index is 0.187. The number of nitrogens with two attached hydrogens (primary N) is 2. The molecule has 1 fully saturated rings. The number of benzene rings is 1. The highest BCUT2D eigenvalue weighted by Gasteiger charge is 2.31. The number of aliphatic hydroxyl groups is 1. The highest BCUT2D eigenvalue weighted by atomic mass is 35.5. The summed E-state index contributed by atoms with van der Waals surface area (Å²) in [5.41, 5.74) is 10.2. The van der Waals surface area contributed by atoms with Crippen LogP contribution >= 0.6 is 23.4 Å². The van der Waals surface area contributed by atoms with Crippen LogP contribution < -0.4 is 27.2 Å². The summed E-state index contributed by atoms with van der Waals surface area (Å²) in [5, 5.41) is 23.8. The largest absolute Gasteiger partial charge is 0.493 e. The van der Waals surface area contributed by atoms with Gasteiger partial charge in [-0.05, 0) is 37.1 Å². The molecule has 4 aromatic rings. The molecule has 0 atom stereocenters. The molecule has 5 rings (SSSR count). The summed E-state index contributed by atoms with van der Waals surface area (Å²) >= 11 is 7.74. The van der Waals surface area contributed by atoms with Gasteiger partial charge < -0.3 is 31.9 Å². The van der Waals surface area contributed by atoms with E-state index in [-0.39, 0.29) is 28.7 Å². The van der Waals surface area contributed by atoms with Crippen LogP contribution in [0.3, 0.4) is 0 Å². The number of fused-ring (bicyclic) bond motifs is 1. The maximum absolute atomic E-state index is 13.0. The van der Waals surface area contributed by atoms with E-state index in [4.69, 9.17) is 23.1 Å². The van der Waals surface area contributed by atoms with Crippen LogP contribution in [-0.4, -0.2) is 60.7 Å². The van der Waals surface area contributed by atoms with E-state index in [1.807, 2.05) is 4.90 Å². The molecule has 14 heteroatoms. The lowest BCUT2D eigenvalue weighted by molar-refractivity contribution is 0.0248. The lowest BCUT2D eigenvalue weighted by atomic mass is 9.92. The third-order valence-electron chi connectivity index (χ3n) is 6.51. The van der Waals surface area contributed by atoms with Gasteiger partial charge in [-0.1, -0.05) is 35.5 Å². The topological polar surface area (TPSA) is 185 Å². The SMILES string of the molecule is NCC1(O)CCN(c2cnc(Sc3cccc(NC(=O)c4c(O)nc5ccccn5c4=O)c3Cl)c(N)n2)CC1. The molecule has 0 saturated carbocycles. The van der Waals surface area contributed by atoms with Crippen molar-refractivity contribution in [1.29, 1.82) is 0 Å². The van der Waals surface area contributed by atoms with Gasteiger partial charge in [-0.25, -0.2) is 9.97 Å². The van der Waals surface area contributed by atoms with Gasteiger partial charge in [0.25, 0.3) is 11.5 Å². The number of anilines is 3. The van der Waals surface area contributed by atoms with Crippen LogP contribution in [0.5, 0.6) is 5.88 Å². The predicted molar refractivity (Wildman–Crippen MR) is 149 cm³/mol. The average molecular weight is 569 g/mol. The second-order valence-electron chi connectivity index (χ2n) is 9.05. The molecule has 1 aliphatic rings. The first-order valence-corrected chi connectivity index (χ1v) is 13.2. The normalized spacial score (nSPS) is 14.9. The molecular formula is C25H25ClN8O4S. The molecule has 7 N–H and O–H groups in total. The van der Waals surface area contributed by atoms with Crippen LogP contribution in [-0.2, 0) is 0 Å². The standard InChI is InChI=1S/C25H25ClN8O4S/c26-19-14(30-21(35)18-22(36)32-16-6-1-2-9-34(16)24(18)37)4-3-5-15(19)39-23-20(28)31-17(12-29-23)33-10-7-25(38,13-27)8-11-33/h1-6,9,12,36,38H,7-8,10-11,13,27H2,(H2,28,31)(H,30,35). The number of hydrogen-bond donors (Lipinski definition) is 5. The molecule has 39 heavy (non-hydrogen) atoms. The average Bonchev–Trinajstić information content (AvgIpc) is 2.92. The summed E-state index contributed by atoms with van der Waals surface area (Å²) < 4.78 is 1.16. The van der Waals surface area contributed by atoms with Crippen LogP contribution in [0.15, 0.2) is 63.5 Å². The number of carbonyl (C=O) groups excluding carboxylic acids is 1. The smallest absolute Gasteiger partial charge is 0.274 e. The molecule has 3 aromatic heterocycles. The molecule has 202 valence electrons. The van der Waals surface area contributed by atoms with Crippen molar-refractivity contribution in [1.82, 2.24) is 19.4 Å². The number of nitrogens with zero attached hydrogens (tertiary/aromatic N) is 5. The summed E-state index contributed by atoms with van der Waals surface area (Å²) in [6.45, 7) is 1.36. The number of nitrogen functional groups attached to an aromatic ring is 1. The van der Waals surface area contributed by atoms with Crippen molar-refractivity contribution < 1.29 is 15.0 Å². The fraction of sp³-hybridized carbons (Fsp3) is 0.240. The van der Waals surface area contributed by atoms with Crippen molar-refractivity contribution in [2.75, 3.05) is 35.6 Å². The lowest BCUT2D eigenvalue weighted by Crippen LogP contribution is -2.49. The van der Waals surface area contributed by atoms with Crippen LogP contribution in [0.25, 0.3) is 5.65 Å². The van der Waals surface area contributed by atoms with Crippen molar-refractivity contribution in [3.63, 3.8) is 0 Å². The number of halogens is 1. The zero-order valence-electron chi connectivity index (χ0n) is 20.5.